The molecule has 0 bridgehead atoms. The minimum absolute atomic E-state index is 0.00341. The lowest BCUT2D eigenvalue weighted by Crippen LogP contribution is -2.59. The van der Waals surface area contributed by atoms with Gasteiger partial charge in [-0.1, -0.05) is 0 Å². The Morgan fingerprint density at radius 1 is 0.385 bits per heavy atom. The highest BCUT2D eigenvalue weighted by Crippen LogP contribution is 2.30. The summed E-state index contributed by atoms with van der Waals surface area (Å²) in [6.45, 7) is 3.71. The first-order valence-electron chi connectivity index (χ1n) is 36.7. The fourth-order valence-corrected chi connectivity index (χ4v) is 9.87. The van der Waals surface area contributed by atoms with E-state index in [2.05, 4.69) is 31.3 Å². The number of aliphatic hydroxyl groups excluding tert-OH is 6. The molecular weight excluding hydrogens is 1470 g/mol. The van der Waals surface area contributed by atoms with Gasteiger partial charge in [-0.05, 0) is 38.5 Å². The molecule has 2 aliphatic rings. The van der Waals surface area contributed by atoms with Crippen LogP contribution in [0.2, 0.25) is 0 Å². The Morgan fingerprint density at radius 3 is 1.06 bits per heavy atom. The minimum atomic E-state index is -2.37. The number of aliphatic hydroxyl groups is 6. The van der Waals surface area contributed by atoms with Gasteiger partial charge in [0.1, 0.15) is 36.2 Å². The zero-order valence-corrected chi connectivity index (χ0v) is 61.8. The summed E-state index contributed by atoms with van der Waals surface area (Å²) in [6.07, 6.45) is -4.63. The van der Waals surface area contributed by atoms with Gasteiger partial charge in [0.05, 0.1) is 190 Å². The van der Waals surface area contributed by atoms with E-state index in [-0.39, 0.29) is 207 Å². The molecule has 2 aliphatic heterocycles. The van der Waals surface area contributed by atoms with Crippen molar-refractivity contribution in [2.75, 3.05) is 211 Å². The van der Waals surface area contributed by atoms with Crippen LogP contribution >= 0.6 is 0 Å². The smallest absolute Gasteiger partial charge is 0.313 e. The quantitative estimate of drug-likeness (QED) is 0.00692. The number of carbonyl (C=O) groups is 7. The standard InChI is InChI=1S/C69H114F5N5O30/c70-61-62(71)64(73)68(65(74)63(61)72)109-58(90)13-25-94-27-29-96-31-33-98-35-37-100-39-41-101-40-38-99-36-34-97-32-30-95-28-26-93-22-12-57(89)79-69(46-102-19-7-18-80,47-103-23-10-55(87)77-16-5-14-75-53(85)8-1-3-20-105-59-42-49(83)66(91)51(44-81)107-59)48-104-24-11-56(88)78-17-6-15-76-54(86)9-2-4-21-106-60-43-50(84)67(92)52(45-82)108-60/h18,49-52,59-60,66-67,81-84,91-92H,1-17,19-48H2,(H,75,85)(H,76,86)(H,77,87)(H,78,88)(H,79,89)/t49-,50-,51-,52-,59-,60-,66-,67-/m1/s1. The van der Waals surface area contributed by atoms with Gasteiger partial charge in [-0.15, -0.1) is 0 Å². The van der Waals surface area contributed by atoms with E-state index in [1.54, 1.807) is 0 Å². The molecule has 2 saturated heterocycles. The van der Waals surface area contributed by atoms with E-state index in [0.717, 1.165) is 0 Å². The maximum absolute atomic E-state index is 13.7. The van der Waals surface area contributed by atoms with Gasteiger partial charge < -0.3 is 143 Å². The molecule has 40 heteroatoms. The lowest BCUT2D eigenvalue weighted by Gasteiger charge is -2.36. The molecule has 35 nitrogen and oxygen atoms in total. The molecule has 0 radical (unpaired) electrons. The molecule has 0 spiro atoms. The van der Waals surface area contributed by atoms with Crippen molar-refractivity contribution in [3.8, 4) is 5.75 Å². The topological polar surface area (TPSA) is 458 Å². The SMILES string of the molecule is O=CCCOCC(COCCC(=O)NCCCNC(=O)CCCCO[C@H]1C[C@@H](O)[C@@H](O)[C@@H](CO)O1)(COCCC(=O)NCCCNC(=O)CCCCO[C@H]1C[C@@H](O)[C@@H](O)[C@@H](CO)O1)NC(=O)CCOCCOCCOCCOCCOCCOCCOCCOCCOCCC(=O)Oc1c(F)c(F)c(F)c(F)c1F. The van der Waals surface area contributed by atoms with E-state index in [9.17, 15) is 86.2 Å². The highest BCUT2D eigenvalue weighted by Gasteiger charge is 2.39. The van der Waals surface area contributed by atoms with Crippen molar-refractivity contribution in [1.82, 2.24) is 26.6 Å². The van der Waals surface area contributed by atoms with Crippen LogP contribution in [0.5, 0.6) is 5.75 Å². The lowest BCUT2D eigenvalue weighted by molar-refractivity contribution is -0.257. The molecule has 630 valence electrons. The number of ether oxygens (including phenoxy) is 17. The van der Waals surface area contributed by atoms with Crippen LogP contribution < -0.4 is 31.3 Å². The molecule has 1 aromatic rings. The third-order valence-electron chi connectivity index (χ3n) is 15.8. The molecule has 0 aliphatic carbocycles. The molecule has 109 heavy (non-hydrogen) atoms. The van der Waals surface area contributed by atoms with Crippen LogP contribution in [0.3, 0.4) is 0 Å². The number of aldehydes is 1. The normalized spacial score (nSPS) is 18.7. The summed E-state index contributed by atoms with van der Waals surface area (Å²) in [4.78, 5) is 86.9. The summed E-state index contributed by atoms with van der Waals surface area (Å²) < 4.78 is 160. The monoisotopic (exact) mass is 1590 g/mol. The number of benzene rings is 1. The Labute approximate surface area is 630 Å². The molecule has 3 rings (SSSR count). The van der Waals surface area contributed by atoms with Gasteiger partial charge >= 0.3 is 5.97 Å². The maximum atomic E-state index is 13.7. The van der Waals surface area contributed by atoms with Crippen LogP contribution in [-0.2, 0) is 109 Å². The number of hydrogen-bond donors (Lipinski definition) is 11. The van der Waals surface area contributed by atoms with E-state index in [1.807, 2.05) is 0 Å². The highest BCUT2D eigenvalue weighted by atomic mass is 19.2. The second kappa shape index (κ2) is 62.0. The van der Waals surface area contributed by atoms with Gasteiger partial charge in [0.25, 0.3) is 0 Å². The summed E-state index contributed by atoms with van der Waals surface area (Å²) >= 11 is 0. The predicted molar refractivity (Wildman–Crippen MR) is 367 cm³/mol. The predicted octanol–water partition coefficient (Wildman–Crippen LogP) is -1.23. The number of unbranched alkanes of at least 4 members (excludes halogenated alkanes) is 2. The second-order valence-electron chi connectivity index (χ2n) is 24.7. The van der Waals surface area contributed by atoms with Crippen molar-refractivity contribution < 1.29 is 167 Å². The van der Waals surface area contributed by atoms with Crippen molar-refractivity contribution in [3.63, 3.8) is 0 Å². The van der Waals surface area contributed by atoms with Crippen molar-refractivity contribution >= 4 is 41.8 Å². The molecule has 1 aromatic carbocycles. The van der Waals surface area contributed by atoms with Crippen molar-refractivity contribution in [2.45, 2.75) is 151 Å². The average molecular weight is 1590 g/mol. The van der Waals surface area contributed by atoms with Crippen molar-refractivity contribution in [3.05, 3.63) is 29.1 Å². The molecule has 2 fully saturated rings. The first kappa shape index (κ1) is 97.7. The summed E-state index contributed by atoms with van der Waals surface area (Å²) in [5.41, 5.74) is -1.36. The van der Waals surface area contributed by atoms with Gasteiger partial charge in [-0.2, -0.15) is 8.78 Å². The molecule has 0 saturated carbocycles. The Kier molecular flexibility index (Phi) is 55.5. The number of hydrogen-bond acceptors (Lipinski definition) is 30. The summed E-state index contributed by atoms with van der Waals surface area (Å²) in [6, 6.07) is 0. The number of nitrogens with one attached hydrogen (secondary N) is 5. The van der Waals surface area contributed by atoms with Crippen LogP contribution in [0.1, 0.15) is 96.3 Å². The van der Waals surface area contributed by atoms with Crippen LogP contribution in [0.4, 0.5) is 22.0 Å². The fourth-order valence-electron chi connectivity index (χ4n) is 9.87. The molecule has 0 aromatic heterocycles. The number of amides is 5. The van der Waals surface area contributed by atoms with Gasteiger partial charge in [0, 0.05) is 90.8 Å². The molecule has 8 atom stereocenters. The number of halogens is 5. The zero-order chi connectivity index (χ0) is 79.5. The Morgan fingerprint density at radius 2 is 0.697 bits per heavy atom. The van der Waals surface area contributed by atoms with E-state index < -0.39 is 121 Å². The van der Waals surface area contributed by atoms with Crippen LogP contribution in [0.15, 0.2) is 0 Å². The van der Waals surface area contributed by atoms with Gasteiger partial charge in [-0.3, -0.25) is 28.8 Å². The molecule has 5 amide bonds. The third kappa shape index (κ3) is 45.7. The fraction of sp³-hybridized carbons (Fsp3) is 0.812. The van der Waals surface area contributed by atoms with Gasteiger partial charge in [0.15, 0.2) is 12.6 Å². The Bertz CT molecular complexity index is 2530. The Hall–Kier alpha value is -5.52. The molecule has 11 N–H and O–H groups in total. The second-order valence-corrected chi connectivity index (χ2v) is 24.7. The number of carbonyl (C=O) groups excluding carboxylic acids is 7. The molecular formula is C69H114F5N5O30. The summed E-state index contributed by atoms with van der Waals surface area (Å²) in [5.74, 6) is -15.9. The third-order valence-corrected chi connectivity index (χ3v) is 15.8. The van der Waals surface area contributed by atoms with Gasteiger partial charge in [-0.25, -0.2) is 13.2 Å². The van der Waals surface area contributed by atoms with Crippen LogP contribution in [0, 0.1) is 29.1 Å². The summed E-state index contributed by atoms with van der Waals surface area (Å²) in [5, 5.41) is 72.5. The Balaban J connectivity index is 1.27. The summed E-state index contributed by atoms with van der Waals surface area (Å²) in [7, 11) is 0. The molecule has 0 unspecified atom stereocenters. The van der Waals surface area contributed by atoms with Crippen LogP contribution in [0.25, 0.3) is 0 Å². The van der Waals surface area contributed by atoms with Gasteiger partial charge in [0.2, 0.25) is 64.4 Å². The van der Waals surface area contributed by atoms with Crippen molar-refractivity contribution in [1.29, 1.82) is 0 Å². The van der Waals surface area contributed by atoms with Crippen molar-refractivity contribution in [2.24, 2.45) is 0 Å². The number of rotatable bonds is 69. The zero-order valence-electron chi connectivity index (χ0n) is 61.8. The van der Waals surface area contributed by atoms with E-state index in [4.69, 9.17) is 75.8 Å². The minimum Gasteiger partial charge on any atom is -0.420 e. The molecule has 2 heterocycles. The lowest BCUT2D eigenvalue weighted by atomic mass is 10.0. The maximum Gasteiger partial charge on any atom is 0.313 e. The first-order valence-corrected chi connectivity index (χ1v) is 36.7. The first-order chi connectivity index (χ1) is 52.7. The van der Waals surface area contributed by atoms with E-state index >= 15 is 0 Å². The van der Waals surface area contributed by atoms with E-state index in [1.165, 1.54) is 0 Å². The van der Waals surface area contributed by atoms with Crippen LogP contribution in [-0.4, -0.2) is 338 Å². The number of esters is 1. The van der Waals surface area contributed by atoms with E-state index in [0.29, 0.717) is 111 Å². The average Bonchev–Trinajstić information content (AvgIpc) is 0.796. The largest absolute Gasteiger partial charge is 0.420 e. The highest BCUT2D eigenvalue weighted by molar-refractivity contribution is 5.78.